The summed E-state index contributed by atoms with van der Waals surface area (Å²) in [5.74, 6) is 0.632. The van der Waals surface area contributed by atoms with E-state index in [2.05, 4.69) is 23.6 Å². The van der Waals surface area contributed by atoms with Crippen molar-refractivity contribution in [3.63, 3.8) is 0 Å². The minimum Gasteiger partial charge on any atom is -0.495 e. The predicted molar refractivity (Wildman–Crippen MR) is 116 cm³/mol. The van der Waals surface area contributed by atoms with Gasteiger partial charge in [-0.2, -0.15) is 0 Å². The molecule has 0 aliphatic carbocycles. The number of hydrogen-bond acceptors (Lipinski definition) is 5. The topological polar surface area (TPSA) is 37.3 Å². The summed E-state index contributed by atoms with van der Waals surface area (Å²) in [6.45, 7) is 7.05. The Morgan fingerprint density at radius 2 is 1.82 bits per heavy atom. The number of anilines is 1. The minimum atomic E-state index is -0.142. The molecule has 0 aromatic heterocycles. The molecule has 2 aromatic carbocycles. The quantitative estimate of drug-likeness (QED) is 0.625. The second kappa shape index (κ2) is 9.39. The van der Waals surface area contributed by atoms with Crippen LogP contribution in [-0.4, -0.2) is 43.9 Å². The molecule has 1 aliphatic heterocycles. The van der Waals surface area contributed by atoms with Crippen molar-refractivity contribution in [1.82, 2.24) is 4.90 Å². The Balaban J connectivity index is 1.94. The number of rotatable bonds is 7. The Bertz CT molecular complexity index is 823. The van der Waals surface area contributed by atoms with Crippen LogP contribution in [0.15, 0.2) is 47.5 Å². The van der Waals surface area contributed by atoms with Crippen molar-refractivity contribution in [1.29, 1.82) is 0 Å². The van der Waals surface area contributed by atoms with Gasteiger partial charge in [0.2, 0.25) is 0 Å². The molecule has 150 valence electrons. The van der Waals surface area contributed by atoms with E-state index in [-0.39, 0.29) is 6.17 Å². The predicted octanol–water partition coefficient (Wildman–Crippen LogP) is 5.06. The first-order valence-corrected chi connectivity index (χ1v) is 10.1. The van der Waals surface area contributed by atoms with Gasteiger partial charge in [0, 0.05) is 36.4 Å². The second-order valence-corrected chi connectivity index (χ2v) is 7.29. The molecule has 0 saturated heterocycles. The van der Waals surface area contributed by atoms with Crippen LogP contribution in [0.4, 0.5) is 5.69 Å². The summed E-state index contributed by atoms with van der Waals surface area (Å²) in [5, 5.41) is 1.29. The number of amidine groups is 1. The average molecular weight is 422 g/mol. The second-order valence-electron chi connectivity index (χ2n) is 6.45. The number of ether oxygens (including phenoxy) is 2. The van der Waals surface area contributed by atoms with Crippen LogP contribution in [0.2, 0.25) is 10.0 Å². The third kappa shape index (κ3) is 4.65. The molecular formula is C21H25Cl2N3O2. The van der Waals surface area contributed by atoms with Gasteiger partial charge in [-0.1, -0.05) is 35.3 Å². The van der Waals surface area contributed by atoms with Gasteiger partial charge in [-0.25, -0.2) is 4.99 Å². The van der Waals surface area contributed by atoms with Crippen molar-refractivity contribution >= 4 is 34.9 Å². The lowest BCUT2D eigenvalue weighted by Gasteiger charge is -2.28. The first kappa shape index (κ1) is 20.6. The fraction of sp³-hybridized carbons (Fsp3) is 0.381. The molecule has 0 spiro atoms. The molecule has 0 unspecified atom stereocenters. The number of aliphatic imine (C=N–C) groups is 1. The van der Waals surface area contributed by atoms with Crippen LogP contribution in [0.1, 0.15) is 19.4 Å². The van der Waals surface area contributed by atoms with Gasteiger partial charge in [0.25, 0.3) is 6.02 Å². The highest BCUT2D eigenvalue weighted by Gasteiger charge is 2.28. The molecule has 0 saturated carbocycles. The molecule has 0 amide bonds. The van der Waals surface area contributed by atoms with Gasteiger partial charge in [0.1, 0.15) is 12.4 Å². The van der Waals surface area contributed by atoms with E-state index in [1.165, 1.54) is 0 Å². The van der Waals surface area contributed by atoms with E-state index in [9.17, 15) is 0 Å². The van der Waals surface area contributed by atoms with Crippen molar-refractivity contribution in [3.8, 4) is 5.75 Å². The Morgan fingerprint density at radius 1 is 1.11 bits per heavy atom. The molecular weight excluding hydrogens is 397 g/mol. The van der Waals surface area contributed by atoms with Crippen LogP contribution in [-0.2, 0) is 11.3 Å². The molecule has 2 aromatic rings. The van der Waals surface area contributed by atoms with E-state index in [0.717, 1.165) is 29.4 Å². The number of benzene rings is 2. The summed E-state index contributed by atoms with van der Waals surface area (Å²) >= 11 is 12.3. The molecule has 0 fully saturated rings. The number of halogens is 2. The molecule has 7 heteroatoms. The summed E-state index contributed by atoms with van der Waals surface area (Å²) in [7, 11) is 1.61. The molecule has 1 heterocycles. The Hall–Kier alpha value is -2.11. The number of methoxy groups -OCH3 is 1. The lowest BCUT2D eigenvalue weighted by atomic mass is 10.1. The summed E-state index contributed by atoms with van der Waals surface area (Å²) in [6.07, 6.45) is -0.142. The third-order valence-electron chi connectivity index (χ3n) is 4.75. The Morgan fingerprint density at radius 3 is 2.46 bits per heavy atom. The van der Waals surface area contributed by atoms with E-state index in [1.807, 2.05) is 42.5 Å². The van der Waals surface area contributed by atoms with E-state index in [4.69, 9.17) is 37.7 Å². The van der Waals surface area contributed by atoms with Crippen LogP contribution in [0, 0.1) is 0 Å². The van der Waals surface area contributed by atoms with Gasteiger partial charge in [0.15, 0.2) is 6.17 Å². The lowest BCUT2D eigenvalue weighted by Crippen LogP contribution is -2.34. The van der Waals surface area contributed by atoms with Crippen LogP contribution < -0.4 is 9.64 Å². The zero-order chi connectivity index (χ0) is 20.1. The molecule has 5 nitrogen and oxygen atoms in total. The smallest absolute Gasteiger partial charge is 0.289 e. The molecule has 0 radical (unpaired) electrons. The summed E-state index contributed by atoms with van der Waals surface area (Å²) in [6, 6.07) is 14.3. The van der Waals surface area contributed by atoms with E-state index in [1.54, 1.807) is 7.11 Å². The zero-order valence-corrected chi connectivity index (χ0v) is 17.9. The molecule has 28 heavy (non-hydrogen) atoms. The van der Waals surface area contributed by atoms with Crippen molar-refractivity contribution in [3.05, 3.63) is 58.1 Å². The van der Waals surface area contributed by atoms with Gasteiger partial charge in [-0.15, -0.1) is 0 Å². The molecule has 1 aliphatic rings. The van der Waals surface area contributed by atoms with Gasteiger partial charge < -0.3 is 19.3 Å². The largest absolute Gasteiger partial charge is 0.495 e. The van der Waals surface area contributed by atoms with E-state index >= 15 is 0 Å². The SMILES string of the molecule is CCN(CC)C1=N[C@H](N(Cc2ccc(Cl)cc2)c2ccc(Cl)c(OC)c2)CO1. The van der Waals surface area contributed by atoms with Gasteiger partial charge in [-0.3, -0.25) is 0 Å². The highest BCUT2D eigenvalue weighted by atomic mass is 35.5. The Kier molecular flexibility index (Phi) is 6.92. The van der Waals surface area contributed by atoms with Crippen LogP contribution in [0.5, 0.6) is 5.75 Å². The fourth-order valence-electron chi connectivity index (χ4n) is 3.16. The summed E-state index contributed by atoms with van der Waals surface area (Å²) in [5.41, 5.74) is 2.10. The maximum atomic E-state index is 6.22. The average Bonchev–Trinajstić information content (AvgIpc) is 3.19. The maximum absolute atomic E-state index is 6.22. The van der Waals surface area contributed by atoms with Crippen molar-refractivity contribution in [2.45, 2.75) is 26.6 Å². The highest BCUT2D eigenvalue weighted by Crippen LogP contribution is 2.32. The summed E-state index contributed by atoms with van der Waals surface area (Å²) in [4.78, 5) is 9.15. The molecule has 1 atom stereocenters. The monoisotopic (exact) mass is 421 g/mol. The van der Waals surface area contributed by atoms with Crippen molar-refractivity contribution in [2.75, 3.05) is 31.7 Å². The standard InChI is InChI=1S/C21H25Cl2N3O2/c1-4-25(5-2)21-24-20(14-28-21)26(13-15-6-8-16(22)9-7-15)17-10-11-18(23)19(12-17)27-3/h6-12,20H,4-5,13-14H2,1-3H3/t20-/m1/s1. The van der Waals surface area contributed by atoms with Crippen molar-refractivity contribution < 1.29 is 9.47 Å². The van der Waals surface area contributed by atoms with E-state index < -0.39 is 0 Å². The molecule has 0 bridgehead atoms. The molecule has 3 rings (SSSR count). The zero-order valence-electron chi connectivity index (χ0n) is 16.4. The van der Waals surface area contributed by atoms with Gasteiger partial charge in [0.05, 0.1) is 12.1 Å². The summed E-state index contributed by atoms with van der Waals surface area (Å²) < 4.78 is 11.3. The first-order chi connectivity index (χ1) is 13.5. The highest BCUT2D eigenvalue weighted by molar-refractivity contribution is 6.32. The number of hydrogen-bond donors (Lipinski definition) is 0. The minimum absolute atomic E-state index is 0.142. The lowest BCUT2D eigenvalue weighted by molar-refractivity contribution is 0.256. The van der Waals surface area contributed by atoms with E-state index in [0.29, 0.717) is 29.9 Å². The Labute approximate surface area is 176 Å². The maximum Gasteiger partial charge on any atom is 0.289 e. The van der Waals surface area contributed by atoms with Crippen LogP contribution >= 0.6 is 23.2 Å². The normalized spacial score (nSPS) is 15.8. The van der Waals surface area contributed by atoms with Gasteiger partial charge >= 0.3 is 0 Å². The molecule has 0 N–H and O–H groups in total. The van der Waals surface area contributed by atoms with Crippen LogP contribution in [0.25, 0.3) is 0 Å². The van der Waals surface area contributed by atoms with Crippen LogP contribution in [0.3, 0.4) is 0 Å². The number of nitrogens with zero attached hydrogens (tertiary/aromatic N) is 3. The third-order valence-corrected chi connectivity index (χ3v) is 5.31. The van der Waals surface area contributed by atoms with Gasteiger partial charge in [-0.05, 0) is 43.7 Å². The first-order valence-electron chi connectivity index (χ1n) is 9.35. The van der Waals surface area contributed by atoms with Crippen molar-refractivity contribution in [2.24, 2.45) is 4.99 Å². The fourth-order valence-corrected chi connectivity index (χ4v) is 3.48.